The lowest BCUT2D eigenvalue weighted by atomic mass is 10.1. The van der Waals surface area contributed by atoms with Crippen molar-refractivity contribution in [2.45, 2.75) is 31.6 Å². The van der Waals surface area contributed by atoms with Crippen LogP contribution in [0.25, 0.3) is 10.4 Å². The van der Waals surface area contributed by atoms with Crippen molar-refractivity contribution in [1.82, 2.24) is 4.98 Å². The molecule has 0 aliphatic heterocycles. The van der Waals surface area contributed by atoms with Crippen LogP contribution >= 0.6 is 11.3 Å². The molecule has 0 spiro atoms. The van der Waals surface area contributed by atoms with E-state index in [1.165, 1.54) is 12.8 Å². The van der Waals surface area contributed by atoms with Gasteiger partial charge in [0.05, 0.1) is 9.88 Å². The number of aromatic nitrogens is 1. The van der Waals surface area contributed by atoms with Gasteiger partial charge in [-0.05, 0) is 18.4 Å². The van der Waals surface area contributed by atoms with Gasteiger partial charge < -0.3 is 5.11 Å². The number of benzene rings is 1. The molecule has 1 aromatic heterocycles. The van der Waals surface area contributed by atoms with E-state index < -0.39 is 5.97 Å². The van der Waals surface area contributed by atoms with E-state index in [1.54, 1.807) is 11.3 Å². The summed E-state index contributed by atoms with van der Waals surface area (Å²) in [5.74, 6) is -0.472. The Kier molecular flexibility index (Phi) is 3.34. The molecule has 0 bridgehead atoms. The summed E-state index contributed by atoms with van der Waals surface area (Å²) in [6.07, 6.45) is 4.74. The largest absolute Gasteiger partial charge is 0.476 e. The van der Waals surface area contributed by atoms with Gasteiger partial charge in [-0.1, -0.05) is 43.2 Å². The molecule has 0 saturated heterocycles. The molecule has 3 nitrogen and oxygen atoms in total. The second-order valence-electron chi connectivity index (χ2n) is 4.88. The number of hydrogen-bond acceptors (Lipinski definition) is 3. The fourth-order valence-electron chi connectivity index (χ4n) is 2.61. The summed E-state index contributed by atoms with van der Waals surface area (Å²) in [4.78, 5) is 16.5. The van der Waals surface area contributed by atoms with Crippen LogP contribution in [0.2, 0.25) is 0 Å². The molecule has 0 atom stereocenters. The SMILES string of the molecule is O=C(O)c1nc(C2CCCC2)sc1-c1ccccc1. The summed E-state index contributed by atoms with van der Waals surface area (Å²) in [6.45, 7) is 0. The Hall–Kier alpha value is -1.68. The number of carboxylic acid groups (broad SMARTS) is 1. The van der Waals surface area contributed by atoms with Gasteiger partial charge in [0, 0.05) is 5.92 Å². The van der Waals surface area contributed by atoms with Crippen molar-refractivity contribution in [3.05, 3.63) is 41.0 Å². The highest BCUT2D eigenvalue weighted by molar-refractivity contribution is 7.15. The number of carbonyl (C=O) groups is 1. The topological polar surface area (TPSA) is 50.2 Å². The van der Waals surface area contributed by atoms with Crippen LogP contribution in [-0.2, 0) is 0 Å². The van der Waals surface area contributed by atoms with Crippen molar-refractivity contribution in [2.75, 3.05) is 0 Å². The number of carboxylic acids is 1. The van der Waals surface area contributed by atoms with Gasteiger partial charge in [0.2, 0.25) is 0 Å². The molecule has 0 amide bonds. The lowest BCUT2D eigenvalue weighted by molar-refractivity contribution is 0.0692. The van der Waals surface area contributed by atoms with E-state index >= 15 is 0 Å². The molecule has 1 aromatic carbocycles. The van der Waals surface area contributed by atoms with E-state index in [4.69, 9.17) is 0 Å². The minimum atomic E-state index is -0.931. The lowest BCUT2D eigenvalue weighted by Crippen LogP contribution is -2.00. The first kappa shape index (κ1) is 12.4. The van der Waals surface area contributed by atoms with Gasteiger partial charge in [0.1, 0.15) is 0 Å². The van der Waals surface area contributed by atoms with E-state index in [0.717, 1.165) is 28.3 Å². The van der Waals surface area contributed by atoms with Crippen LogP contribution in [0.5, 0.6) is 0 Å². The van der Waals surface area contributed by atoms with Crippen LogP contribution in [-0.4, -0.2) is 16.1 Å². The van der Waals surface area contributed by atoms with Crippen LogP contribution in [0.4, 0.5) is 0 Å². The zero-order chi connectivity index (χ0) is 13.2. The molecule has 0 radical (unpaired) electrons. The first-order valence-electron chi connectivity index (χ1n) is 6.55. The molecule has 2 aromatic rings. The molecule has 1 aliphatic rings. The average molecular weight is 273 g/mol. The fraction of sp³-hybridized carbons (Fsp3) is 0.333. The van der Waals surface area contributed by atoms with Gasteiger partial charge in [-0.15, -0.1) is 11.3 Å². The molecular formula is C15H15NO2S. The molecule has 1 fully saturated rings. The Morgan fingerprint density at radius 2 is 1.89 bits per heavy atom. The Morgan fingerprint density at radius 1 is 1.21 bits per heavy atom. The van der Waals surface area contributed by atoms with E-state index in [9.17, 15) is 9.90 Å². The standard InChI is InChI=1S/C15H15NO2S/c17-15(18)12-13(10-6-2-1-3-7-10)19-14(16-12)11-8-4-5-9-11/h1-3,6-7,11H,4-5,8-9H2,(H,17,18). The van der Waals surface area contributed by atoms with Gasteiger partial charge in [-0.2, -0.15) is 0 Å². The highest BCUT2D eigenvalue weighted by Crippen LogP contribution is 2.40. The maximum Gasteiger partial charge on any atom is 0.356 e. The zero-order valence-electron chi connectivity index (χ0n) is 10.5. The predicted octanol–water partition coefficient (Wildman–Crippen LogP) is 4.17. The second kappa shape index (κ2) is 5.13. The van der Waals surface area contributed by atoms with Gasteiger partial charge in [-0.25, -0.2) is 9.78 Å². The van der Waals surface area contributed by atoms with Gasteiger partial charge in [0.15, 0.2) is 5.69 Å². The Balaban J connectivity index is 2.05. The maximum absolute atomic E-state index is 11.4. The normalized spacial score (nSPS) is 15.8. The number of nitrogens with zero attached hydrogens (tertiary/aromatic N) is 1. The maximum atomic E-state index is 11.4. The van der Waals surface area contributed by atoms with Crippen LogP contribution in [0, 0.1) is 0 Å². The van der Waals surface area contributed by atoms with E-state index in [0.29, 0.717) is 5.92 Å². The highest BCUT2D eigenvalue weighted by atomic mass is 32.1. The molecule has 4 heteroatoms. The molecule has 1 N–H and O–H groups in total. The third kappa shape index (κ3) is 2.40. The summed E-state index contributed by atoms with van der Waals surface area (Å²) in [5, 5.41) is 10.3. The van der Waals surface area contributed by atoms with E-state index in [2.05, 4.69) is 4.98 Å². The number of aromatic carboxylic acids is 1. The minimum Gasteiger partial charge on any atom is -0.476 e. The van der Waals surface area contributed by atoms with E-state index in [1.807, 2.05) is 30.3 Å². The Labute approximate surface area is 115 Å². The molecule has 19 heavy (non-hydrogen) atoms. The quantitative estimate of drug-likeness (QED) is 0.913. The molecular weight excluding hydrogens is 258 g/mol. The van der Waals surface area contributed by atoms with Crippen LogP contribution in [0.3, 0.4) is 0 Å². The van der Waals surface area contributed by atoms with Crippen molar-refractivity contribution < 1.29 is 9.90 Å². The average Bonchev–Trinajstić information content (AvgIpc) is 3.08. The molecule has 3 rings (SSSR count). The summed E-state index contributed by atoms with van der Waals surface area (Å²) >= 11 is 1.55. The van der Waals surface area contributed by atoms with E-state index in [-0.39, 0.29) is 5.69 Å². The highest BCUT2D eigenvalue weighted by Gasteiger charge is 2.25. The zero-order valence-corrected chi connectivity index (χ0v) is 11.3. The first-order chi connectivity index (χ1) is 9.25. The molecule has 1 aliphatic carbocycles. The van der Waals surface area contributed by atoms with Crippen molar-refractivity contribution in [3.63, 3.8) is 0 Å². The molecule has 98 valence electrons. The lowest BCUT2D eigenvalue weighted by Gasteiger charge is -2.02. The third-order valence-electron chi connectivity index (χ3n) is 3.59. The number of thiazole rings is 1. The second-order valence-corrected chi connectivity index (χ2v) is 5.91. The molecule has 1 saturated carbocycles. The van der Waals surface area contributed by atoms with Crippen molar-refractivity contribution in [3.8, 4) is 10.4 Å². The summed E-state index contributed by atoms with van der Waals surface area (Å²) in [7, 11) is 0. The molecule has 1 heterocycles. The predicted molar refractivity (Wildman–Crippen MR) is 75.7 cm³/mol. The van der Waals surface area contributed by atoms with Crippen LogP contribution in [0.1, 0.15) is 47.1 Å². The fourth-order valence-corrected chi connectivity index (χ4v) is 3.85. The first-order valence-corrected chi connectivity index (χ1v) is 7.37. The monoisotopic (exact) mass is 273 g/mol. The van der Waals surface area contributed by atoms with Crippen molar-refractivity contribution >= 4 is 17.3 Å². The number of rotatable bonds is 3. The summed E-state index contributed by atoms with van der Waals surface area (Å²) < 4.78 is 0. The summed E-state index contributed by atoms with van der Waals surface area (Å²) in [6, 6.07) is 9.67. The molecule has 0 unspecified atom stereocenters. The number of hydrogen-bond donors (Lipinski definition) is 1. The smallest absolute Gasteiger partial charge is 0.356 e. The minimum absolute atomic E-state index is 0.207. The van der Waals surface area contributed by atoms with Gasteiger partial charge >= 0.3 is 5.97 Å². The summed E-state index contributed by atoms with van der Waals surface area (Å²) in [5.41, 5.74) is 1.15. The van der Waals surface area contributed by atoms with Crippen molar-refractivity contribution in [1.29, 1.82) is 0 Å². The van der Waals surface area contributed by atoms with Crippen LogP contribution < -0.4 is 0 Å². The Morgan fingerprint density at radius 3 is 2.53 bits per heavy atom. The van der Waals surface area contributed by atoms with Gasteiger partial charge in [0.25, 0.3) is 0 Å². The van der Waals surface area contributed by atoms with Crippen LogP contribution in [0.15, 0.2) is 30.3 Å². The Bertz CT molecular complexity index is 585. The van der Waals surface area contributed by atoms with Gasteiger partial charge in [-0.3, -0.25) is 0 Å². The third-order valence-corrected chi connectivity index (χ3v) is 4.85. The van der Waals surface area contributed by atoms with Crippen molar-refractivity contribution in [2.24, 2.45) is 0 Å².